The first kappa shape index (κ1) is 11.0. The summed E-state index contributed by atoms with van der Waals surface area (Å²) in [5, 5.41) is 14.7. The Balaban J connectivity index is 2.34. The predicted octanol–water partition coefficient (Wildman–Crippen LogP) is 1.27. The molecule has 1 unspecified atom stereocenters. The van der Waals surface area contributed by atoms with Crippen molar-refractivity contribution in [2.45, 2.75) is 19.4 Å². The van der Waals surface area contributed by atoms with E-state index in [1.807, 2.05) is 18.4 Å². The molecule has 0 aliphatic carbocycles. The first-order valence-corrected chi connectivity index (χ1v) is 5.23. The Morgan fingerprint density at radius 2 is 2.50 bits per heavy atom. The molecule has 5 heteroatoms. The Morgan fingerprint density at radius 3 is 3.00 bits per heavy atom. The second-order valence-corrected chi connectivity index (χ2v) is 4.09. The van der Waals surface area contributed by atoms with Crippen molar-refractivity contribution >= 4 is 22.3 Å². The number of aryl methyl sites for hydroxylation is 1. The van der Waals surface area contributed by atoms with Gasteiger partial charge in [-0.05, 0) is 23.9 Å². The maximum absolute atomic E-state index is 10.3. The smallest absolute Gasteiger partial charge is 0.304 e. The van der Waals surface area contributed by atoms with Gasteiger partial charge in [0.25, 0.3) is 0 Å². The van der Waals surface area contributed by atoms with Gasteiger partial charge >= 0.3 is 5.97 Å². The van der Waals surface area contributed by atoms with Gasteiger partial charge in [0.15, 0.2) is 0 Å². The summed E-state index contributed by atoms with van der Waals surface area (Å²) in [6.45, 7) is 2.50. The number of carbonyl (C=O) groups is 1. The summed E-state index contributed by atoms with van der Waals surface area (Å²) in [6, 6.07) is 1.67. The Kier molecular flexibility index (Phi) is 3.91. The molecule has 0 aromatic carbocycles. The number of carboxylic acid groups (broad SMARTS) is 1. The largest absolute Gasteiger partial charge is 0.481 e. The molecule has 1 atom stereocenters. The molecule has 1 heterocycles. The van der Waals surface area contributed by atoms with Crippen LogP contribution in [0.1, 0.15) is 12.0 Å². The summed E-state index contributed by atoms with van der Waals surface area (Å²) in [4.78, 5) is 10.3. The van der Waals surface area contributed by atoms with Crippen LogP contribution in [-0.2, 0) is 4.79 Å². The van der Waals surface area contributed by atoms with Gasteiger partial charge < -0.3 is 16.2 Å². The maximum Gasteiger partial charge on any atom is 0.304 e. The Labute approximate surface area is 86.7 Å². The van der Waals surface area contributed by atoms with Crippen LogP contribution in [0.15, 0.2) is 11.4 Å². The zero-order valence-electron chi connectivity index (χ0n) is 7.99. The lowest BCUT2D eigenvalue weighted by molar-refractivity contribution is -0.137. The minimum atomic E-state index is -0.859. The van der Waals surface area contributed by atoms with E-state index >= 15 is 0 Å². The van der Waals surface area contributed by atoms with E-state index in [4.69, 9.17) is 10.8 Å². The average Bonchev–Trinajstić information content (AvgIpc) is 2.46. The number of thiophene rings is 1. The third-order valence-corrected chi connectivity index (χ3v) is 2.80. The Bertz CT molecular complexity index is 312. The van der Waals surface area contributed by atoms with Gasteiger partial charge in [-0.1, -0.05) is 0 Å². The normalized spacial score (nSPS) is 12.4. The van der Waals surface area contributed by atoms with Gasteiger partial charge in [0.2, 0.25) is 0 Å². The van der Waals surface area contributed by atoms with Gasteiger partial charge in [0, 0.05) is 12.6 Å². The molecule has 0 bridgehead atoms. The molecule has 4 nitrogen and oxygen atoms in total. The molecular weight excluding hydrogens is 200 g/mol. The summed E-state index contributed by atoms with van der Waals surface area (Å²) in [5.41, 5.74) is 6.77. The monoisotopic (exact) mass is 214 g/mol. The highest BCUT2D eigenvalue weighted by atomic mass is 32.1. The molecule has 0 amide bonds. The molecule has 0 radical (unpaired) electrons. The van der Waals surface area contributed by atoms with Crippen LogP contribution in [-0.4, -0.2) is 23.7 Å². The third-order valence-electron chi connectivity index (χ3n) is 1.82. The van der Waals surface area contributed by atoms with Crippen LogP contribution < -0.4 is 11.1 Å². The molecule has 0 spiro atoms. The fraction of sp³-hybridized carbons (Fsp3) is 0.444. The second-order valence-electron chi connectivity index (χ2n) is 3.17. The topological polar surface area (TPSA) is 75.3 Å². The quantitative estimate of drug-likeness (QED) is 0.690. The van der Waals surface area contributed by atoms with Crippen molar-refractivity contribution in [3.05, 3.63) is 17.0 Å². The number of anilines is 1. The molecule has 0 fully saturated rings. The lowest BCUT2D eigenvalue weighted by Crippen LogP contribution is -2.31. The first-order chi connectivity index (χ1) is 6.59. The van der Waals surface area contributed by atoms with Crippen molar-refractivity contribution in [2.24, 2.45) is 5.73 Å². The number of carboxylic acids is 1. The molecule has 78 valence electrons. The van der Waals surface area contributed by atoms with Crippen molar-refractivity contribution < 1.29 is 9.90 Å². The molecule has 1 rings (SSSR count). The van der Waals surface area contributed by atoms with E-state index in [1.165, 1.54) is 0 Å². The lowest BCUT2D eigenvalue weighted by Gasteiger charge is -2.10. The second kappa shape index (κ2) is 4.97. The minimum absolute atomic E-state index is 0.00256. The molecule has 1 aromatic rings. The number of aliphatic carboxylic acids is 1. The van der Waals surface area contributed by atoms with Crippen LogP contribution in [0.5, 0.6) is 0 Å². The van der Waals surface area contributed by atoms with Gasteiger partial charge in [-0.15, -0.1) is 11.3 Å². The number of nitrogens with one attached hydrogen (secondary N) is 1. The molecule has 0 aliphatic heterocycles. The van der Waals surface area contributed by atoms with E-state index in [2.05, 4.69) is 5.32 Å². The molecule has 4 N–H and O–H groups in total. The summed E-state index contributed by atoms with van der Waals surface area (Å²) in [7, 11) is 0. The highest BCUT2D eigenvalue weighted by Gasteiger charge is 2.08. The number of nitrogens with two attached hydrogens (primary N) is 1. The highest BCUT2D eigenvalue weighted by molar-refractivity contribution is 7.14. The van der Waals surface area contributed by atoms with Crippen LogP contribution in [0, 0.1) is 6.92 Å². The predicted molar refractivity (Wildman–Crippen MR) is 57.8 cm³/mol. The van der Waals surface area contributed by atoms with Crippen molar-refractivity contribution in [1.82, 2.24) is 0 Å². The van der Waals surface area contributed by atoms with Crippen LogP contribution in [0.3, 0.4) is 0 Å². The standard InChI is InChI=1S/C9H14N2O2S/c1-6-2-3-14-9(6)11-5-7(10)4-8(12)13/h2-3,7,11H,4-5,10H2,1H3,(H,12,13). The Morgan fingerprint density at radius 1 is 1.79 bits per heavy atom. The minimum Gasteiger partial charge on any atom is -0.481 e. The number of hydrogen-bond acceptors (Lipinski definition) is 4. The zero-order valence-corrected chi connectivity index (χ0v) is 8.80. The van der Waals surface area contributed by atoms with Crippen molar-refractivity contribution in [1.29, 1.82) is 0 Å². The van der Waals surface area contributed by atoms with Crippen molar-refractivity contribution in [3.8, 4) is 0 Å². The summed E-state index contributed by atoms with van der Waals surface area (Å²) in [5.74, 6) is -0.859. The average molecular weight is 214 g/mol. The van der Waals surface area contributed by atoms with E-state index < -0.39 is 5.97 Å². The number of rotatable bonds is 5. The maximum atomic E-state index is 10.3. The number of hydrogen-bond donors (Lipinski definition) is 3. The fourth-order valence-corrected chi connectivity index (χ4v) is 1.90. The van der Waals surface area contributed by atoms with Crippen LogP contribution >= 0.6 is 11.3 Å². The van der Waals surface area contributed by atoms with Crippen LogP contribution in [0.25, 0.3) is 0 Å². The van der Waals surface area contributed by atoms with E-state index in [0.717, 1.165) is 10.6 Å². The zero-order chi connectivity index (χ0) is 10.6. The summed E-state index contributed by atoms with van der Waals surface area (Å²) < 4.78 is 0. The molecule has 1 aromatic heterocycles. The third kappa shape index (κ3) is 3.35. The van der Waals surface area contributed by atoms with Gasteiger partial charge in [-0.3, -0.25) is 4.79 Å². The first-order valence-electron chi connectivity index (χ1n) is 4.35. The van der Waals surface area contributed by atoms with Gasteiger partial charge in [0.05, 0.1) is 11.4 Å². The summed E-state index contributed by atoms with van der Waals surface area (Å²) >= 11 is 1.60. The lowest BCUT2D eigenvalue weighted by atomic mass is 10.2. The van der Waals surface area contributed by atoms with Crippen molar-refractivity contribution in [2.75, 3.05) is 11.9 Å². The van der Waals surface area contributed by atoms with Gasteiger partial charge in [0.1, 0.15) is 0 Å². The van der Waals surface area contributed by atoms with Gasteiger partial charge in [-0.2, -0.15) is 0 Å². The van der Waals surface area contributed by atoms with Crippen LogP contribution in [0.2, 0.25) is 0 Å². The Hall–Kier alpha value is -1.07. The highest BCUT2D eigenvalue weighted by Crippen LogP contribution is 2.21. The van der Waals surface area contributed by atoms with Crippen LogP contribution in [0.4, 0.5) is 5.00 Å². The molecule has 14 heavy (non-hydrogen) atoms. The van der Waals surface area contributed by atoms with Gasteiger partial charge in [-0.25, -0.2) is 0 Å². The molecule has 0 aliphatic rings. The molecular formula is C9H14N2O2S. The SMILES string of the molecule is Cc1ccsc1NCC(N)CC(=O)O. The summed E-state index contributed by atoms with van der Waals surface area (Å²) in [6.07, 6.45) is -0.00256. The van der Waals surface area contributed by atoms with Crippen molar-refractivity contribution in [3.63, 3.8) is 0 Å². The molecule has 0 saturated carbocycles. The van der Waals surface area contributed by atoms with E-state index in [-0.39, 0.29) is 12.5 Å². The van der Waals surface area contributed by atoms with E-state index in [1.54, 1.807) is 11.3 Å². The van der Waals surface area contributed by atoms with E-state index in [0.29, 0.717) is 6.54 Å². The molecule has 0 saturated heterocycles. The fourth-order valence-electron chi connectivity index (χ4n) is 1.07. The van der Waals surface area contributed by atoms with E-state index in [9.17, 15) is 4.79 Å².